The Morgan fingerprint density at radius 3 is 2.68 bits per heavy atom. The Balaban J connectivity index is 1.85. The van der Waals surface area contributed by atoms with Crippen LogP contribution in [0.5, 0.6) is 5.75 Å². The number of guanidine groups is 1. The van der Waals surface area contributed by atoms with E-state index in [9.17, 15) is 0 Å². The fourth-order valence-electron chi connectivity index (χ4n) is 1.92. The number of hydrogen-bond acceptors (Lipinski definition) is 2. The largest absolute Gasteiger partial charge is 0.489 e. The molecule has 0 saturated carbocycles. The summed E-state index contributed by atoms with van der Waals surface area (Å²) >= 11 is 5.84. The van der Waals surface area contributed by atoms with Gasteiger partial charge in [-0.05, 0) is 55.8 Å². The Hall–Kier alpha value is -2.20. The molecule has 3 N–H and O–H groups in total. The normalized spacial score (nSPS) is 12.8. The van der Waals surface area contributed by atoms with Crippen molar-refractivity contribution in [3.63, 3.8) is 0 Å². The highest BCUT2D eigenvalue weighted by Gasteiger charge is 2.04. The van der Waals surface area contributed by atoms with Crippen LogP contribution in [0.3, 0.4) is 0 Å². The number of aliphatic imine (C=N–C) groups is 1. The van der Waals surface area contributed by atoms with Crippen LogP contribution < -0.4 is 15.8 Å². The monoisotopic (exact) mass is 317 g/mol. The van der Waals surface area contributed by atoms with E-state index in [-0.39, 0.29) is 6.10 Å². The van der Waals surface area contributed by atoms with E-state index in [0.29, 0.717) is 17.5 Å². The second kappa shape index (κ2) is 7.71. The van der Waals surface area contributed by atoms with Gasteiger partial charge in [0.05, 0.1) is 6.54 Å². The zero-order valence-electron chi connectivity index (χ0n) is 12.7. The molecule has 1 atom stereocenters. The maximum absolute atomic E-state index is 5.88. The van der Waals surface area contributed by atoms with Crippen LogP contribution in [-0.4, -0.2) is 18.6 Å². The SMILES string of the molecule is Cc1cccc(NC(N)=NCC(C)Oc2ccc(Cl)cc2)c1. The molecule has 0 aliphatic carbocycles. The minimum absolute atomic E-state index is 0.0842. The highest BCUT2D eigenvalue weighted by Crippen LogP contribution is 2.16. The maximum atomic E-state index is 5.88. The first-order valence-electron chi connectivity index (χ1n) is 7.09. The third-order valence-electron chi connectivity index (χ3n) is 2.96. The molecule has 0 aromatic heterocycles. The summed E-state index contributed by atoms with van der Waals surface area (Å²) in [7, 11) is 0. The van der Waals surface area contributed by atoms with Crippen LogP contribution in [0, 0.1) is 6.92 Å². The molecule has 2 aromatic carbocycles. The molecule has 0 fully saturated rings. The fourth-order valence-corrected chi connectivity index (χ4v) is 2.05. The van der Waals surface area contributed by atoms with Crippen molar-refractivity contribution in [1.29, 1.82) is 0 Å². The maximum Gasteiger partial charge on any atom is 0.193 e. The number of aryl methyl sites for hydroxylation is 1. The standard InChI is InChI=1S/C17H20ClN3O/c1-12-4-3-5-15(10-12)21-17(19)20-11-13(2)22-16-8-6-14(18)7-9-16/h3-10,13H,11H2,1-2H3,(H3,19,20,21). The van der Waals surface area contributed by atoms with Crippen LogP contribution in [0.1, 0.15) is 12.5 Å². The molecule has 0 spiro atoms. The summed E-state index contributed by atoms with van der Waals surface area (Å²) in [5.74, 6) is 1.13. The number of rotatable bonds is 5. The van der Waals surface area contributed by atoms with E-state index in [1.165, 1.54) is 0 Å². The van der Waals surface area contributed by atoms with Crippen LogP contribution in [0.4, 0.5) is 5.69 Å². The number of nitrogens with two attached hydrogens (primary N) is 1. The molecule has 0 aliphatic rings. The third-order valence-corrected chi connectivity index (χ3v) is 3.21. The number of ether oxygens (including phenoxy) is 1. The van der Waals surface area contributed by atoms with Gasteiger partial charge in [0.1, 0.15) is 11.9 Å². The first kappa shape index (κ1) is 16.2. The average Bonchev–Trinajstić information content (AvgIpc) is 2.48. The van der Waals surface area contributed by atoms with Crippen molar-refractivity contribution < 1.29 is 4.74 Å². The van der Waals surface area contributed by atoms with Gasteiger partial charge in [0, 0.05) is 10.7 Å². The van der Waals surface area contributed by atoms with Gasteiger partial charge in [-0.25, -0.2) is 4.99 Å². The predicted molar refractivity (Wildman–Crippen MR) is 92.8 cm³/mol. The number of nitrogens with zero attached hydrogens (tertiary/aromatic N) is 1. The highest BCUT2D eigenvalue weighted by atomic mass is 35.5. The summed E-state index contributed by atoms with van der Waals surface area (Å²) in [4.78, 5) is 4.29. The summed E-state index contributed by atoms with van der Waals surface area (Å²) in [5, 5.41) is 3.75. The Morgan fingerprint density at radius 2 is 2.00 bits per heavy atom. The van der Waals surface area contributed by atoms with Gasteiger partial charge in [0.2, 0.25) is 0 Å². The number of halogens is 1. The Labute approximate surface area is 136 Å². The van der Waals surface area contributed by atoms with E-state index in [0.717, 1.165) is 17.0 Å². The Kier molecular flexibility index (Phi) is 5.67. The second-order valence-corrected chi connectivity index (χ2v) is 5.54. The molecule has 0 saturated heterocycles. The van der Waals surface area contributed by atoms with Gasteiger partial charge in [0.25, 0.3) is 0 Å². The first-order chi connectivity index (χ1) is 10.5. The van der Waals surface area contributed by atoms with Crippen molar-refractivity contribution >= 4 is 23.2 Å². The Morgan fingerprint density at radius 1 is 1.27 bits per heavy atom. The molecule has 4 nitrogen and oxygen atoms in total. The molecule has 0 heterocycles. The van der Waals surface area contributed by atoms with Crippen LogP contribution in [0.25, 0.3) is 0 Å². The zero-order valence-corrected chi connectivity index (χ0v) is 13.5. The van der Waals surface area contributed by atoms with E-state index in [1.807, 2.05) is 50.2 Å². The van der Waals surface area contributed by atoms with Crippen molar-refractivity contribution in [2.24, 2.45) is 10.7 Å². The van der Waals surface area contributed by atoms with Crippen LogP contribution in [-0.2, 0) is 0 Å². The minimum atomic E-state index is -0.0842. The molecule has 5 heteroatoms. The lowest BCUT2D eigenvalue weighted by atomic mass is 10.2. The molecule has 0 amide bonds. The van der Waals surface area contributed by atoms with Gasteiger partial charge in [0.15, 0.2) is 5.96 Å². The lowest BCUT2D eigenvalue weighted by Crippen LogP contribution is -2.25. The number of benzene rings is 2. The lowest BCUT2D eigenvalue weighted by Gasteiger charge is -2.13. The van der Waals surface area contributed by atoms with E-state index in [4.69, 9.17) is 22.1 Å². The van der Waals surface area contributed by atoms with E-state index in [1.54, 1.807) is 12.1 Å². The number of nitrogens with one attached hydrogen (secondary N) is 1. The molecule has 1 unspecified atom stereocenters. The van der Waals surface area contributed by atoms with Gasteiger partial charge >= 0.3 is 0 Å². The summed E-state index contributed by atoms with van der Waals surface area (Å²) < 4.78 is 5.74. The molecule has 116 valence electrons. The van der Waals surface area contributed by atoms with Crippen molar-refractivity contribution in [2.45, 2.75) is 20.0 Å². The van der Waals surface area contributed by atoms with Crippen molar-refractivity contribution in [2.75, 3.05) is 11.9 Å². The molecule has 2 aromatic rings. The predicted octanol–water partition coefficient (Wildman–Crippen LogP) is 3.84. The second-order valence-electron chi connectivity index (χ2n) is 5.10. The smallest absolute Gasteiger partial charge is 0.193 e. The van der Waals surface area contributed by atoms with Gasteiger partial charge in [-0.2, -0.15) is 0 Å². The van der Waals surface area contributed by atoms with Crippen molar-refractivity contribution in [3.05, 3.63) is 59.1 Å². The van der Waals surface area contributed by atoms with Gasteiger partial charge < -0.3 is 15.8 Å². The van der Waals surface area contributed by atoms with Crippen LogP contribution in [0.2, 0.25) is 5.02 Å². The lowest BCUT2D eigenvalue weighted by molar-refractivity contribution is 0.230. The average molecular weight is 318 g/mol. The zero-order chi connectivity index (χ0) is 15.9. The summed E-state index contributed by atoms with van der Waals surface area (Å²) in [5.41, 5.74) is 7.97. The van der Waals surface area contributed by atoms with E-state index < -0.39 is 0 Å². The molecule has 2 rings (SSSR count). The number of anilines is 1. The van der Waals surface area contributed by atoms with E-state index >= 15 is 0 Å². The van der Waals surface area contributed by atoms with Crippen molar-refractivity contribution in [3.8, 4) is 5.75 Å². The fraction of sp³-hybridized carbons (Fsp3) is 0.235. The summed E-state index contributed by atoms with van der Waals surface area (Å²) in [6, 6.07) is 15.2. The highest BCUT2D eigenvalue weighted by molar-refractivity contribution is 6.30. The summed E-state index contributed by atoms with van der Waals surface area (Å²) in [6.45, 7) is 4.44. The molecule has 0 radical (unpaired) electrons. The topological polar surface area (TPSA) is 59.6 Å². The van der Waals surface area contributed by atoms with Gasteiger partial charge in [-0.1, -0.05) is 23.7 Å². The molecule has 0 aliphatic heterocycles. The minimum Gasteiger partial charge on any atom is -0.489 e. The van der Waals surface area contributed by atoms with E-state index in [2.05, 4.69) is 10.3 Å². The van der Waals surface area contributed by atoms with Crippen LogP contribution >= 0.6 is 11.6 Å². The quantitative estimate of drug-likeness (QED) is 0.650. The number of hydrogen-bond donors (Lipinski definition) is 2. The summed E-state index contributed by atoms with van der Waals surface area (Å²) in [6.07, 6.45) is -0.0842. The molecular formula is C17H20ClN3O. The Bertz CT molecular complexity index is 641. The first-order valence-corrected chi connectivity index (χ1v) is 7.46. The molecule has 22 heavy (non-hydrogen) atoms. The molecule has 0 bridgehead atoms. The third kappa shape index (κ3) is 5.30. The van der Waals surface area contributed by atoms with Crippen molar-refractivity contribution in [1.82, 2.24) is 0 Å². The van der Waals surface area contributed by atoms with Gasteiger partial charge in [-0.3, -0.25) is 0 Å². The molecular weight excluding hydrogens is 298 g/mol. The van der Waals surface area contributed by atoms with Gasteiger partial charge in [-0.15, -0.1) is 0 Å². The van der Waals surface area contributed by atoms with Crippen LogP contribution in [0.15, 0.2) is 53.5 Å².